The Kier molecular flexibility index (Phi) is 64.4. The van der Waals surface area contributed by atoms with Crippen molar-refractivity contribution in [2.24, 2.45) is 11.8 Å². The fraction of sp³-hybridized carbons (Fsp3) is 0.348. The summed E-state index contributed by atoms with van der Waals surface area (Å²) in [5.74, 6) is 2.97. The molecule has 8 rings (SSSR count). The number of nitrogens with two attached hydrogens (primary N) is 1. The fourth-order valence-corrected chi connectivity index (χ4v) is 8.79. The Balaban J connectivity index is 0.00000136. The van der Waals surface area contributed by atoms with Gasteiger partial charge in [-0.2, -0.15) is 0 Å². The van der Waals surface area contributed by atoms with E-state index in [9.17, 15) is 38.4 Å². The number of aryl methyl sites for hydroxylation is 4. The zero-order valence-corrected chi connectivity index (χ0v) is 71.7. The maximum Gasteiger partial charge on any atom is 0.330 e. The number of nitrogens with zero attached hydrogens (tertiary/aromatic N) is 4. The van der Waals surface area contributed by atoms with Crippen LogP contribution in [0.15, 0.2) is 195 Å². The molecule has 4 aromatic heterocycles. The van der Waals surface area contributed by atoms with E-state index in [-0.39, 0.29) is 101 Å². The van der Waals surface area contributed by atoms with E-state index in [1.165, 1.54) is 67.0 Å². The Bertz CT molecular complexity index is 4200. The highest BCUT2D eigenvalue weighted by Crippen LogP contribution is 2.13. The zero-order chi connectivity index (χ0) is 91.8. The molecule has 668 valence electrons. The zero-order valence-electron chi connectivity index (χ0n) is 71.7. The summed E-state index contributed by atoms with van der Waals surface area (Å²) in [6.07, 6.45) is 21.9. The summed E-state index contributed by atoms with van der Waals surface area (Å²) in [6.45, 7) is 10.8. The third-order valence-corrected chi connectivity index (χ3v) is 15.6. The lowest BCUT2D eigenvalue weighted by Gasteiger charge is -2.11. The summed E-state index contributed by atoms with van der Waals surface area (Å²) in [4.78, 5) is 107. The summed E-state index contributed by atoms with van der Waals surface area (Å²) >= 11 is 0. The smallest absolute Gasteiger partial charge is 0.330 e. The van der Waals surface area contributed by atoms with Gasteiger partial charge in [0.2, 0.25) is 0 Å². The lowest BCUT2D eigenvalue weighted by Crippen LogP contribution is -2.19. The molecule has 1 atom stereocenters. The maximum absolute atomic E-state index is 11.0. The second-order valence-corrected chi connectivity index (χ2v) is 25.5. The van der Waals surface area contributed by atoms with Gasteiger partial charge < -0.3 is 83.5 Å². The fourth-order valence-electron chi connectivity index (χ4n) is 8.79. The molecule has 8 aromatic rings. The minimum absolute atomic E-state index is 0.0000950. The molecule has 0 radical (unpaired) electrons. The molecule has 0 aliphatic heterocycles. The highest BCUT2D eigenvalue weighted by molar-refractivity contribution is 5.88. The van der Waals surface area contributed by atoms with Gasteiger partial charge in [-0.15, -0.1) is 0 Å². The number of carbonyl (C=O) groups is 8. The molecule has 0 amide bonds. The van der Waals surface area contributed by atoms with Crippen molar-refractivity contribution in [1.82, 2.24) is 19.9 Å². The van der Waals surface area contributed by atoms with Gasteiger partial charge in [-0.3, -0.25) is 44.0 Å². The number of esters is 8. The van der Waals surface area contributed by atoms with Crippen molar-refractivity contribution in [3.63, 3.8) is 0 Å². The van der Waals surface area contributed by atoms with Crippen LogP contribution < -0.4 is 5.90 Å². The number of hydrogen-bond donors (Lipinski definition) is 9. The Morgan fingerprint density at radius 2 is 0.724 bits per heavy atom. The number of aliphatic hydroxyl groups is 8. The van der Waals surface area contributed by atoms with Gasteiger partial charge in [-0.25, -0.2) is 25.1 Å². The number of ether oxygens (including phenoxy) is 9. The number of aromatic nitrogens is 4. The van der Waals surface area contributed by atoms with E-state index in [0.29, 0.717) is 94.2 Å². The van der Waals surface area contributed by atoms with Crippen LogP contribution in [0.25, 0.3) is 24.3 Å². The summed E-state index contributed by atoms with van der Waals surface area (Å²) in [7, 11) is 8.12. The number of rotatable bonds is 34. The molecule has 0 aliphatic carbocycles. The van der Waals surface area contributed by atoms with E-state index >= 15 is 0 Å². The van der Waals surface area contributed by atoms with Crippen LogP contribution in [-0.4, -0.2) is 177 Å². The van der Waals surface area contributed by atoms with E-state index in [2.05, 4.69) is 67.0 Å². The van der Waals surface area contributed by atoms with Crippen LogP contribution in [0.1, 0.15) is 150 Å². The highest BCUT2D eigenvalue weighted by atomic mass is 16.7. The number of methoxy groups -OCH3 is 6. The van der Waals surface area contributed by atoms with E-state index in [4.69, 9.17) is 61.0 Å². The van der Waals surface area contributed by atoms with Crippen molar-refractivity contribution in [2.45, 2.75) is 145 Å². The average molecular weight is 1710 g/mol. The summed E-state index contributed by atoms with van der Waals surface area (Å²) < 4.78 is 41.6. The van der Waals surface area contributed by atoms with Crippen molar-refractivity contribution in [3.8, 4) is 0 Å². The molecule has 31 heteroatoms. The molecule has 0 aliphatic rings. The molecule has 4 heterocycles. The lowest BCUT2D eigenvalue weighted by atomic mass is 10.1. The van der Waals surface area contributed by atoms with Gasteiger partial charge in [0.05, 0.1) is 139 Å². The molecule has 0 bridgehead atoms. The summed E-state index contributed by atoms with van der Waals surface area (Å²) in [5.41, 5.74) is 13.3. The molecular weight excluding hydrogens is 1590 g/mol. The molecule has 4 aromatic carbocycles. The minimum atomic E-state index is -0.406. The van der Waals surface area contributed by atoms with E-state index in [0.717, 1.165) is 72.5 Å². The lowest BCUT2D eigenvalue weighted by molar-refractivity contribution is -0.143. The molecule has 1 unspecified atom stereocenters. The average Bonchev–Trinajstić information content (AvgIpc) is 0.989. The van der Waals surface area contributed by atoms with E-state index < -0.39 is 5.97 Å². The minimum Gasteiger partial charge on any atom is -0.469 e. The molecule has 0 saturated heterocycles. The normalized spacial score (nSPS) is 10.5. The molecule has 31 nitrogen and oxygen atoms in total. The Hall–Kier alpha value is -12.2. The van der Waals surface area contributed by atoms with Crippen LogP contribution in [-0.2, 0) is 164 Å². The number of pyridine rings is 4. The van der Waals surface area contributed by atoms with Crippen LogP contribution in [0, 0.1) is 5.92 Å². The van der Waals surface area contributed by atoms with Crippen molar-refractivity contribution in [1.29, 1.82) is 0 Å². The Morgan fingerprint density at radius 3 is 1.15 bits per heavy atom. The van der Waals surface area contributed by atoms with Gasteiger partial charge in [-0.05, 0) is 167 Å². The largest absolute Gasteiger partial charge is 0.469 e. The second-order valence-electron chi connectivity index (χ2n) is 25.5. The number of benzene rings is 4. The first-order valence-electron chi connectivity index (χ1n) is 38.7. The predicted octanol–water partition coefficient (Wildman–Crippen LogP) is 9.85. The molecule has 0 saturated carbocycles. The Labute approximate surface area is 719 Å². The van der Waals surface area contributed by atoms with E-state index in [1.807, 2.05) is 91.0 Å². The van der Waals surface area contributed by atoms with Gasteiger partial charge >= 0.3 is 47.8 Å². The first kappa shape index (κ1) is 111. The van der Waals surface area contributed by atoms with Gasteiger partial charge in [0.15, 0.2) is 6.29 Å². The maximum atomic E-state index is 11.0. The first-order valence-corrected chi connectivity index (χ1v) is 38.7. The molecule has 0 fully saturated rings. The number of carbonyl (C=O) groups excluding carboxylic acids is 8. The van der Waals surface area contributed by atoms with Crippen LogP contribution in [0.5, 0.6) is 0 Å². The topological polar surface area (TPSA) is 468 Å². The van der Waals surface area contributed by atoms with Crippen molar-refractivity contribution in [2.75, 3.05) is 62.5 Å². The van der Waals surface area contributed by atoms with Gasteiger partial charge in [0.1, 0.15) is 0 Å². The highest BCUT2D eigenvalue weighted by Gasteiger charge is 2.08. The Morgan fingerprint density at radius 1 is 0.341 bits per heavy atom. The van der Waals surface area contributed by atoms with Crippen LogP contribution >= 0.6 is 0 Å². The van der Waals surface area contributed by atoms with Crippen LogP contribution in [0.2, 0.25) is 0 Å². The van der Waals surface area contributed by atoms with Crippen molar-refractivity contribution < 1.29 is 127 Å². The number of hydrogen-bond acceptors (Lipinski definition) is 31. The molecule has 123 heavy (non-hydrogen) atoms. The van der Waals surface area contributed by atoms with Gasteiger partial charge in [0, 0.05) is 80.5 Å². The number of aliphatic hydroxyl groups excluding tert-OH is 8. The first-order chi connectivity index (χ1) is 59.2. The van der Waals surface area contributed by atoms with Crippen molar-refractivity contribution in [3.05, 3.63) is 284 Å². The molecule has 0 spiro atoms. The standard InChI is InChI=1S/C11H15NO3.C11H13NO3.C11H14O3.C11H12O3.C11H14O3.C11H12O3.C10H13NO3.C10H11NO3.C6H15NO2/c2*1-2-15-11(14)6-5-10-4-3-9(8-13)7-12-10;2*1-14-11(13)7-6-9-2-4-10(8-12)5-3-9;2*1-14-11(13)6-5-9-3-2-4-10(7-9)8-12;2*1-14-10(13)5-3-8-2-4-9(7-12)11-6-8;1-5(2)4-8-6(3)9-7/h3-4,7,13H,2,5-6,8H2,1H3;3-7,13H,2,8H2,1H3;2-5,12H,6-8H2,1H3;2-7,12H,8H2,1H3;2-4,7,12H,5-6,8H2,1H3;2-7,12H,8H2,1H3;2,4,6,12H,3,5,7H2,1H3;2-6,12H,7H2,1H3;5-6H,4,7H2,1-3H3/b;6-5+;;7-6+;;6-5+;;5-3+;. The summed E-state index contributed by atoms with van der Waals surface area (Å²) in [6, 6.07) is 43.7. The van der Waals surface area contributed by atoms with Gasteiger partial charge in [-0.1, -0.05) is 129 Å². The quantitative estimate of drug-likeness (QED) is 0.00595. The molecular formula is C92H119N5O26. The predicted molar refractivity (Wildman–Crippen MR) is 460 cm³/mol. The third-order valence-electron chi connectivity index (χ3n) is 15.6. The monoisotopic (exact) mass is 1710 g/mol. The summed E-state index contributed by atoms with van der Waals surface area (Å²) in [5, 5.41) is 70.4. The second kappa shape index (κ2) is 71.5. The van der Waals surface area contributed by atoms with Crippen LogP contribution in [0.3, 0.4) is 0 Å². The third kappa shape index (κ3) is 57.6. The van der Waals surface area contributed by atoms with E-state index in [1.54, 1.807) is 124 Å². The van der Waals surface area contributed by atoms with Crippen LogP contribution in [0.4, 0.5) is 0 Å². The van der Waals surface area contributed by atoms with Crippen molar-refractivity contribution >= 4 is 72.1 Å². The molecule has 10 N–H and O–H groups in total. The SMILES string of the molecule is CC(C)COC(C)ON.CCOC(=O)/C=C/c1ccc(CO)cn1.CCOC(=O)CCc1ccc(CO)cn1.COC(=O)/C=C/c1ccc(CO)cc1.COC(=O)/C=C/c1ccc(CO)nc1.COC(=O)/C=C/c1cccc(CO)c1.COC(=O)CCc1ccc(CO)cc1.COC(=O)CCc1ccc(CO)nc1.COC(=O)CCc1cccc(CO)c1. The van der Waals surface area contributed by atoms with Gasteiger partial charge in [0.25, 0.3) is 0 Å².